The van der Waals surface area contributed by atoms with Crippen LogP contribution in [0.1, 0.15) is 11.1 Å². The molecule has 4 heteroatoms. The molecule has 0 spiro atoms. The monoisotopic (exact) mass is 232 g/mol. The third kappa shape index (κ3) is 2.60. The van der Waals surface area contributed by atoms with Crippen LogP contribution in [0.3, 0.4) is 0 Å². The van der Waals surface area contributed by atoms with Crippen LogP contribution in [0.15, 0.2) is 36.5 Å². The second kappa shape index (κ2) is 4.93. The van der Waals surface area contributed by atoms with Gasteiger partial charge in [0.25, 0.3) is 0 Å². The van der Waals surface area contributed by atoms with Crippen LogP contribution in [0.25, 0.3) is 0 Å². The number of nitrogens with two attached hydrogens (primary N) is 1. The SMILES string of the molecule is Cc1ccc(F)c(Oc2ncccc2CN)c1. The standard InChI is InChI=1S/C13H13FN2O/c1-9-4-5-11(14)12(7-9)17-13-10(8-15)3-2-6-16-13/h2-7H,8,15H2,1H3. The minimum Gasteiger partial charge on any atom is -0.436 e. The zero-order chi connectivity index (χ0) is 12.3. The van der Waals surface area contributed by atoms with Crippen LogP contribution in [0, 0.1) is 12.7 Å². The van der Waals surface area contributed by atoms with Crippen molar-refractivity contribution in [1.82, 2.24) is 4.98 Å². The van der Waals surface area contributed by atoms with Crippen LogP contribution in [-0.4, -0.2) is 4.98 Å². The Morgan fingerprint density at radius 3 is 2.94 bits per heavy atom. The van der Waals surface area contributed by atoms with E-state index in [0.717, 1.165) is 11.1 Å². The molecule has 1 heterocycles. The summed E-state index contributed by atoms with van der Waals surface area (Å²) in [4.78, 5) is 4.05. The van der Waals surface area contributed by atoms with Crippen molar-refractivity contribution < 1.29 is 9.13 Å². The Kier molecular flexibility index (Phi) is 3.35. The van der Waals surface area contributed by atoms with E-state index in [-0.39, 0.29) is 5.75 Å². The first-order valence-electron chi connectivity index (χ1n) is 5.28. The predicted molar refractivity (Wildman–Crippen MR) is 63.3 cm³/mol. The summed E-state index contributed by atoms with van der Waals surface area (Å²) < 4.78 is 19.0. The van der Waals surface area contributed by atoms with Crippen LogP contribution in [-0.2, 0) is 6.54 Å². The Bertz CT molecular complexity index is 529. The maximum atomic E-state index is 13.5. The molecule has 2 N–H and O–H groups in total. The molecule has 0 amide bonds. The van der Waals surface area contributed by atoms with E-state index in [1.54, 1.807) is 30.5 Å². The molecule has 0 radical (unpaired) electrons. The van der Waals surface area contributed by atoms with Crippen molar-refractivity contribution in [1.29, 1.82) is 0 Å². The largest absolute Gasteiger partial charge is 0.436 e. The average molecular weight is 232 g/mol. The lowest BCUT2D eigenvalue weighted by molar-refractivity contribution is 0.422. The van der Waals surface area contributed by atoms with Gasteiger partial charge in [-0.15, -0.1) is 0 Å². The van der Waals surface area contributed by atoms with Crippen molar-refractivity contribution in [3.8, 4) is 11.6 Å². The Morgan fingerprint density at radius 2 is 2.18 bits per heavy atom. The van der Waals surface area contributed by atoms with Gasteiger partial charge >= 0.3 is 0 Å². The Labute approximate surface area is 99.1 Å². The minimum atomic E-state index is -0.413. The molecule has 0 atom stereocenters. The maximum absolute atomic E-state index is 13.5. The summed E-state index contributed by atoms with van der Waals surface area (Å²) in [7, 11) is 0. The van der Waals surface area contributed by atoms with Gasteiger partial charge in [0.05, 0.1) is 0 Å². The molecule has 17 heavy (non-hydrogen) atoms. The van der Waals surface area contributed by atoms with Crippen LogP contribution in [0.5, 0.6) is 11.6 Å². The smallest absolute Gasteiger partial charge is 0.223 e. The van der Waals surface area contributed by atoms with E-state index in [4.69, 9.17) is 10.5 Å². The van der Waals surface area contributed by atoms with Gasteiger partial charge in [-0.1, -0.05) is 12.1 Å². The topological polar surface area (TPSA) is 48.1 Å². The van der Waals surface area contributed by atoms with Crippen molar-refractivity contribution >= 4 is 0 Å². The zero-order valence-corrected chi connectivity index (χ0v) is 9.48. The summed E-state index contributed by atoms with van der Waals surface area (Å²) in [6.07, 6.45) is 1.59. The molecule has 0 unspecified atom stereocenters. The summed E-state index contributed by atoms with van der Waals surface area (Å²) in [6.45, 7) is 2.17. The number of pyridine rings is 1. The van der Waals surface area contributed by atoms with Crippen LogP contribution >= 0.6 is 0 Å². The number of aryl methyl sites for hydroxylation is 1. The van der Waals surface area contributed by atoms with E-state index >= 15 is 0 Å². The molecule has 0 aliphatic rings. The lowest BCUT2D eigenvalue weighted by Gasteiger charge is -2.09. The van der Waals surface area contributed by atoms with Gasteiger partial charge < -0.3 is 10.5 Å². The molecule has 0 saturated heterocycles. The van der Waals surface area contributed by atoms with Gasteiger partial charge in [0.15, 0.2) is 11.6 Å². The van der Waals surface area contributed by atoms with Gasteiger partial charge in [0.1, 0.15) is 0 Å². The number of ether oxygens (including phenoxy) is 1. The predicted octanol–water partition coefficient (Wildman–Crippen LogP) is 2.78. The molecule has 1 aromatic heterocycles. The maximum Gasteiger partial charge on any atom is 0.223 e. The molecule has 3 nitrogen and oxygen atoms in total. The molecular weight excluding hydrogens is 219 g/mol. The highest BCUT2D eigenvalue weighted by atomic mass is 19.1. The summed E-state index contributed by atoms with van der Waals surface area (Å²) in [6, 6.07) is 8.25. The quantitative estimate of drug-likeness (QED) is 0.885. The number of aromatic nitrogens is 1. The summed E-state index contributed by atoms with van der Waals surface area (Å²) in [5, 5.41) is 0. The molecule has 88 valence electrons. The fourth-order valence-electron chi connectivity index (χ4n) is 1.46. The molecule has 1 aromatic carbocycles. The number of benzene rings is 1. The number of rotatable bonds is 3. The molecule has 0 aliphatic heterocycles. The first-order valence-corrected chi connectivity index (χ1v) is 5.28. The van der Waals surface area contributed by atoms with Crippen LogP contribution in [0.4, 0.5) is 4.39 Å². The minimum absolute atomic E-state index is 0.165. The number of halogens is 1. The van der Waals surface area contributed by atoms with Gasteiger partial charge in [-0.3, -0.25) is 0 Å². The third-order valence-corrected chi connectivity index (χ3v) is 2.36. The van der Waals surface area contributed by atoms with E-state index in [9.17, 15) is 4.39 Å². The normalized spacial score (nSPS) is 10.3. The van der Waals surface area contributed by atoms with E-state index in [1.807, 2.05) is 6.92 Å². The van der Waals surface area contributed by atoms with Gasteiger partial charge in [0, 0.05) is 18.3 Å². The van der Waals surface area contributed by atoms with Crippen molar-refractivity contribution in [2.24, 2.45) is 5.73 Å². The van der Waals surface area contributed by atoms with Gasteiger partial charge in [-0.25, -0.2) is 9.37 Å². The molecule has 0 saturated carbocycles. The fraction of sp³-hybridized carbons (Fsp3) is 0.154. The molecule has 0 fully saturated rings. The average Bonchev–Trinajstić information content (AvgIpc) is 2.34. The van der Waals surface area contributed by atoms with Crippen molar-refractivity contribution in [3.63, 3.8) is 0 Å². The summed E-state index contributed by atoms with van der Waals surface area (Å²) >= 11 is 0. The van der Waals surface area contributed by atoms with Gasteiger partial charge in [-0.05, 0) is 30.7 Å². The zero-order valence-electron chi connectivity index (χ0n) is 9.48. The Morgan fingerprint density at radius 1 is 1.35 bits per heavy atom. The summed E-state index contributed by atoms with van der Waals surface area (Å²) in [5.41, 5.74) is 7.23. The fourth-order valence-corrected chi connectivity index (χ4v) is 1.46. The lowest BCUT2D eigenvalue weighted by Crippen LogP contribution is -2.01. The Balaban J connectivity index is 2.34. The molecule has 0 bridgehead atoms. The Hall–Kier alpha value is -1.94. The van der Waals surface area contributed by atoms with Crippen LogP contribution < -0.4 is 10.5 Å². The van der Waals surface area contributed by atoms with Crippen LogP contribution in [0.2, 0.25) is 0 Å². The van der Waals surface area contributed by atoms with Crippen molar-refractivity contribution in [2.75, 3.05) is 0 Å². The van der Waals surface area contributed by atoms with E-state index in [2.05, 4.69) is 4.98 Å². The van der Waals surface area contributed by atoms with Gasteiger partial charge in [-0.2, -0.15) is 0 Å². The first-order chi connectivity index (χ1) is 8.20. The van der Waals surface area contributed by atoms with E-state index in [1.165, 1.54) is 6.07 Å². The highest BCUT2D eigenvalue weighted by Crippen LogP contribution is 2.26. The second-order valence-corrected chi connectivity index (χ2v) is 3.71. The molecule has 2 rings (SSSR count). The number of nitrogens with zero attached hydrogens (tertiary/aromatic N) is 1. The molecule has 2 aromatic rings. The first kappa shape index (κ1) is 11.5. The van der Waals surface area contributed by atoms with E-state index < -0.39 is 5.82 Å². The van der Waals surface area contributed by atoms with Gasteiger partial charge in [0.2, 0.25) is 5.88 Å². The highest BCUT2D eigenvalue weighted by molar-refractivity contribution is 5.35. The molecule has 0 aliphatic carbocycles. The third-order valence-electron chi connectivity index (χ3n) is 2.36. The number of hydrogen-bond acceptors (Lipinski definition) is 3. The van der Waals surface area contributed by atoms with Crippen molar-refractivity contribution in [2.45, 2.75) is 13.5 Å². The lowest BCUT2D eigenvalue weighted by atomic mass is 10.2. The molecular formula is C13H13FN2O. The second-order valence-electron chi connectivity index (χ2n) is 3.71. The highest BCUT2D eigenvalue weighted by Gasteiger charge is 2.08. The number of hydrogen-bond donors (Lipinski definition) is 1. The summed E-state index contributed by atoms with van der Waals surface area (Å²) in [5.74, 6) is 0.0992. The van der Waals surface area contributed by atoms with E-state index in [0.29, 0.717) is 12.4 Å². The van der Waals surface area contributed by atoms with Crippen molar-refractivity contribution in [3.05, 3.63) is 53.5 Å².